The molecule has 112 valence electrons. The molecule has 0 aromatic heterocycles. The second-order valence-electron chi connectivity index (χ2n) is 5.82. The molecule has 3 atom stereocenters. The highest BCUT2D eigenvalue weighted by Gasteiger charge is 2.39. The van der Waals surface area contributed by atoms with Gasteiger partial charge < -0.3 is 5.32 Å². The zero-order valence-corrected chi connectivity index (χ0v) is 14.8. The van der Waals surface area contributed by atoms with Crippen molar-refractivity contribution in [3.8, 4) is 0 Å². The van der Waals surface area contributed by atoms with Crippen molar-refractivity contribution in [2.45, 2.75) is 18.4 Å². The molecule has 4 heteroatoms. The summed E-state index contributed by atoms with van der Waals surface area (Å²) in [5, 5.41) is 4.87. The number of rotatable bonds is 1. The number of nitrogens with one attached hydrogen (secondary N) is 1. The van der Waals surface area contributed by atoms with E-state index < -0.39 is 0 Å². The van der Waals surface area contributed by atoms with Gasteiger partial charge in [-0.1, -0.05) is 75.5 Å². The molecule has 0 unspecified atom stereocenters. The van der Waals surface area contributed by atoms with Gasteiger partial charge in [-0.2, -0.15) is 0 Å². The fourth-order valence-corrected chi connectivity index (χ4v) is 4.55. The Balaban J connectivity index is 1.87. The molecule has 0 saturated heterocycles. The quantitative estimate of drug-likeness (QED) is 0.538. The summed E-state index contributed by atoms with van der Waals surface area (Å²) in [4.78, 5) is 0. The summed E-state index contributed by atoms with van der Waals surface area (Å²) in [6.45, 7) is 0. The van der Waals surface area contributed by atoms with Crippen LogP contribution >= 0.6 is 39.1 Å². The van der Waals surface area contributed by atoms with Crippen LogP contribution in [0.15, 0.2) is 53.0 Å². The molecule has 2 aromatic carbocycles. The third-order valence-corrected chi connectivity index (χ3v) is 6.19. The van der Waals surface area contributed by atoms with E-state index in [2.05, 4.69) is 57.7 Å². The zero-order chi connectivity index (χ0) is 15.3. The predicted octanol–water partition coefficient (Wildman–Crippen LogP) is 6.58. The summed E-state index contributed by atoms with van der Waals surface area (Å²) < 4.78 is 1.12. The van der Waals surface area contributed by atoms with Crippen molar-refractivity contribution < 1.29 is 0 Å². The summed E-state index contributed by atoms with van der Waals surface area (Å²) in [6, 6.07) is 12.6. The van der Waals surface area contributed by atoms with E-state index in [1.54, 1.807) is 0 Å². The van der Waals surface area contributed by atoms with E-state index in [1.165, 1.54) is 11.1 Å². The van der Waals surface area contributed by atoms with Gasteiger partial charge in [0.15, 0.2) is 0 Å². The first-order valence-electron chi connectivity index (χ1n) is 7.32. The number of anilines is 1. The fourth-order valence-electron chi connectivity index (χ4n) is 3.64. The summed E-state index contributed by atoms with van der Waals surface area (Å²) in [5.41, 5.74) is 3.49. The van der Waals surface area contributed by atoms with Crippen molar-refractivity contribution in [2.24, 2.45) is 5.92 Å². The number of hydrogen-bond donors (Lipinski definition) is 1. The average molecular weight is 395 g/mol. The van der Waals surface area contributed by atoms with Crippen molar-refractivity contribution in [2.75, 3.05) is 5.32 Å². The zero-order valence-electron chi connectivity index (χ0n) is 11.7. The van der Waals surface area contributed by atoms with Gasteiger partial charge in [-0.25, -0.2) is 0 Å². The molecule has 1 nitrogen and oxygen atoms in total. The average Bonchev–Trinajstić information content (AvgIpc) is 3.00. The number of hydrogen-bond acceptors (Lipinski definition) is 1. The maximum absolute atomic E-state index is 6.46. The lowest BCUT2D eigenvalue weighted by molar-refractivity contribution is 0.424. The first-order chi connectivity index (χ1) is 10.7. The number of fused-ring (bicyclic) bond motifs is 3. The first-order valence-corrected chi connectivity index (χ1v) is 8.87. The topological polar surface area (TPSA) is 12.0 Å². The van der Waals surface area contributed by atoms with E-state index in [0.717, 1.165) is 16.6 Å². The molecule has 22 heavy (non-hydrogen) atoms. The molecule has 0 spiro atoms. The minimum atomic E-state index is 0.221. The van der Waals surface area contributed by atoms with Crippen LogP contribution in [-0.2, 0) is 0 Å². The first kappa shape index (κ1) is 14.6. The lowest BCUT2D eigenvalue weighted by Gasteiger charge is -2.38. The molecular formula is C18H14BrCl2N. The number of allylic oxidation sites excluding steroid dienone is 2. The molecule has 0 amide bonds. The van der Waals surface area contributed by atoms with Gasteiger partial charge in [-0.3, -0.25) is 0 Å². The van der Waals surface area contributed by atoms with Crippen LogP contribution in [-0.4, -0.2) is 0 Å². The van der Waals surface area contributed by atoms with Crippen molar-refractivity contribution in [1.82, 2.24) is 0 Å². The minimum Gasteiger partial charge on any atom is -0.376 e. The Morgan fingerprint density at radius 1 is 1.05 bits per heavy atom. The summed E-state index contributed by atoms with van der Waals surface area (Å²) in [7, 11) is 0. The standard InChI is InChI=1S/C18H14BrCl2N/c19-14-7-2-1-4-13(14)17-11-6-3-5-10(11)12-8-9-15(20)16(21)18(12)22-17/h1-5,7-11,17,22H,6H2/t10-,11+,17-/m1/s1. The SMILES string of the molecule is Clc1ccc2c(c1Cl)N[C@@H](c1ccccc1Br)[C@H]1CC=C[C@@H]21. The van der Waals surface area contributed by atoms with Gasteiger partial charge in [-0.15, -0.1) is 0 Å². The Morgan fingerprint density at radius 2 is 1.86 bits per heavy atom. The van der Waals surface area contributed by atoms with E-state index in [9.17, 15) is 0 Å². The van der Waals surface area contributed by atoms with Gasteiger partial charge in [-0.05, 0) is 35.6 Å². The Hall–Kier alpha value is -0.960. The van der Waals surface area contributed by atoms with Crippen molar-refractivity contribution in [3.63, 3.8) is 0 Å². The van der Waals surface area contributed by atoms with E-state index in [1.807, 2.05) is 12.1 Å². The monoisotopic (exact) mass is 393 g/mol. The van der Waals surface area contributed by atoms with Gasteiger partial charge >= 0.3 is 0 Å². The molecule has 0 bridgehead atoms. The second kappa shape index (κ2) is 5.59. The van der Waals surface area contributed by atoms with E-state index in [4.69, 9.17) is 23.2 Å². The Labute approximate surface area is 148 Å². The van der Waals surface area contributed by atoms with Crippen LogP contribution in [0.5, 0.6) is 0 Å². The molecule has 2 aliphatic rings. The molecule has 1 heterocycles. The molecule has 1 aliphatic carbocycles. The molecule has 4 rings (SSSR count). The van der Waals surface area contributed by atoms with Crippen LogP contribution in [0.1, 0.15) is 29.5 Å². The second-order valence-corrected chi connectivity index (χ2v) is 7.46. The van der Waals surface area contributed by atoms with Crippen LogP contribution in [0.2, 0.25) is 10.0 Å². The number of benzene rings is 2. The third kappa shape index (κ3) is 2.20. The normalized spacial score (nSPS) is 25.5. The van der Waals surface area contributed by atoms with Gasteiger partial charge in [0.1, 0.15) is 0 Å². The molecule has 1 aliphatic heterocycles. The third-order valence-electron chi connectivity index (χ3n) is 4.67. The van der Waals surface area contributed by atoms with Crippen LogP contribution in [0, 0.1) is 5.92 Å². The molecule has 0 radical (unpaired) electrons. The number of halogens is 3. The largest absolute Gasteiger partial charge is 0.376 e. The highest BCUT2D eigenvalue weighted by Crippen LogP contribution is 2.53. The van der Waals surface area contributed by atoms with Gasteiger partial charge in [0.05, 0.1) is 21.8 Å². The van der Waals surface area contributed by atoms with E-state index in [-0.39, 0.29) is 6.04 Å². The summed E-state index contributed by atoms with van der Waals surface area (Å²) in [5.74, 6) is 0.895. The Kier molecular flexibility index (Phi) is 3.72. The van der Waals surface area contributed by atoms with Gasteiger partial charge in [0, 0.05) is 10.4 Å². The Morgan fingerprint density at radius 3 is 2.68 bits per heavy atom. The van der Waals surface area contributed by atoms with Crippen molar-refractivity contribution in [1.29, 1.82) is 0 Å². The van der Waals surface area contributed by atoms with Crippen molar-refractivity contribution in [3.05, 3.63) is 74.2 Å². The Bertz CT molecular complexity index is 772. The maximum atomic E-state index is 6.46. The minimum absolute atomic E-state index is 0.221. The highest BCUT2D eigenvalue weighted by molar-refractivity contribution is 9.10. The van der Waals surface area contributed by atoms with Crippen LogP contribution < -0.4 is 5.32 Å². The smallest absolute Gasteiger partial charge is 0.0826 e. The molecule has 1 N–H and O–H groups in total. The maximum Gasteiger partial charge on any atom is 0.0826 e. The van der Waals surface area contributed by atoms with Crippen LogP contribution in [0.3, 0.4) is 0 Å². The molecule has 0 saturated carbocycles. The van der Waals surface area contributed by atoms with Crippen LogP contribution in [0.25, 0.3) is 0 Å². The lowest BCUT2D eigenvalue weighted by Crippen LogP contribution is -2.29. The van der Waals surface area contributed by atoms with Crippen molar-refractivity contribution >= 4 is 44.8 Å². The lowest BCUT2D eigenvalue weighted by atomic mass is 9.77. The predicted molar refractivity (Wildman–Crippen MR) is 97.0 cm³/mol. The fraction of sp³-hybridized carbons (Fsp3) is 0.222. The van der Waals surface area contributed by atoms with Gasteiger partial charge in [0.25, 0.3) is 0 Å². The summed E-state index contributed by atoms with van der Waals surface area (Å²) >= 11 is 16.4. The molecular weight excluding hydrogens is 381 g/mol. The van der Waals surface area contributed by atoms with E-state index >= 15 is 0 Å². The highest BCUT2D eigenvalue weighted by atomic mass is 79.9. The van der Waals surface area contributed by atoms with Crippen LogP contribution in [0.4, 0.5) is 5.69 Å². The van der Waals surface area contributed by atoms with E-state index in [0.29, 0.717) is 21.9 Å². The molecule has 2 aromatic rings. The van der Waals surface area contributed by atoms with Gasteiger partial charge in [0.2, 0.25) is 0 Å². The summed E-state index contributed by atoms with van der Waals surface area (Å²) in [6.07, 6.45) is 5.65. The molecule has 0 fully saturated rings.